The first kappa shape index (κ1) is 27.8. The predicted octanol–water partition coefficient (Wildman–Crippen LogP) is 7.00. The van der Waals surface area contributed by atoms with Crippen molar-refractivity contribution in [3.63, 3.8) is 0 Å². The highest BCUT2D eigenvalue weighted by atomic mass is 16.1. The van der Waals surface area contributed by atoms with Crippen molar-refractivity contribution in [2.24, 2.45) is 0 Å². The minimum atomic E-state index is 0.145. The molecule has 1 aliphatic rings. The van der Waals surface area contributed by atoms with Crippen LogP contribution in [0.1, 0.15) is 68.2 Å². The Kier molecular flexibility index (Phi) is 10.1. The molecule has 0 unspecified atom stereocenters. The maximum Gasteiger partial charge on any atom is 0.185 e. The number of allylic oxidation sites excluding steroid dienone is 2. The molecule has 0 heterocycles. The van der Waals surface area contributed by atoms with Gasteiger partial charge < -0.3 is 9.80 Å². The first-order valence-electron chi connectivity index (χ1n) is 13.3. The van der Waals surface area contributed by atoms with Gasteiger partial charge in [-0.25, -0.2) is 0 Å². The van der Waals surface area contributed by atoms with Crippen molar-refractivity contribution in [1.29, 1.82) is 10.5 Å². The van der Waals surface area contributed by atoms with Gasteiger partial charge in [0, 0.05) is 48.7 Å². The van der Waals surface area contributed by atoms with E-state index in [2.05, 4.69) is 98.2 Å². The van der Waals surface area contributed by atoms with E-state index in [0.29, 0.717) is 12.8 Å². The van der Waals surface area contributed by atoms with Crippen LogP contribution in [0.3, 0.4) is 0 Å². The summed E-state index contributed by atoms with van der Waals surface area (Å²) in [5, 5.41) is 17.9. The van der Waals surface area contributed by atoms with E-state index in [1.54, 1.807) is 0 Å². The molecule has 0 spiro atoms. The highest BCUT2D eigenvalue weighted by Crippen LogP contribution is 2.31. The number of Topliss-reactive ketones (excluding diaryl/α,β-unsaturated/α-hetero) is 1. The molecule has 0 aromatic heterocycles. The fourth-order valence-corrected chi connectivity index (χ4v) is 4.90. The Bertz CT molecular complexity index is 1160. The van der Waals surface area contributed by atoms with Crippen LogP contribution in [0.4, 0.5) is 11.4 Å². The van der Waals surface area contributed by atoms with Crippen LogP contribution in [0.5, 0.6) is 0 Å². The lowest BCUT2D eigenvalue weighted by molar-refractivity contribution is -0.112. The van der Waals surface area contributed by atoms with Crippen molar-refractivity contribution < 1.29 is 4.79 Å². The molecule has 0 aliphatic heterocycles. The van der Waals surface area contributed by atoms with Crippen molar-refractivity contribution in [1.82, 2.24) is 0 Å². The second-order valence-electron chi connectivity index (χ2n) is 9.58. The molecule has 0 amide bonds. The van der Waals surface area contributed by atoms with Gasteiger partial charge in [0.2, 0.25) is 0 Å². The standard InChI is InChI=1S/C32H38N4O/c1-5-35(18-8-16-33)30-14-12-26(24(3)20-30)22-28-10-7-11-29(32(28)37)23-27-13-15-31(21-25(27)4)36(6-2)19-9-17-34/h12-15,20-23H,5-11,18-19H2,1-4H3/b28-22+,29-23+. The Morgan fingerprint density at radius 2 is 1.22 bits per heavy atom. The van der Waals surface area contributed by atoms with Crippen molar-refractivity contribution in [3.05, 3.63) is 69.8 Å². The fraction of sp³-hybridized carbons (Fsp3) is 0.406. The fourth-order valence-electron chi connectivity index (χ4n) is 4.90. The van der Waals surface area contributed by atoms with Crippen LogP contribution in [0.15, 0.2) is 47.5 Å². The molecule has 5 heteroatoms. The molecule has 1 fully saturated rings. The normalized spacial score (nSPS) is 15.5. The molecule has 2 aromatic rings. The Balaban J connectivity index is 1.81. The van der Waals surface area contributed by atoms with Crippen LogP contribution in [0.25, 0.3) is 12.2 Å². The van der Waals surface area contributed by atoms with Crippen LogP contribution < -0.4 is 9.80 Å². The molecule has 0 N–H and O–H groups in total. The molecule has 0 atom stereocenters. The Morgan fingerprint density at radius 3 is 1.57 bits per heavy atom. The molecule has 3 rings (SSSR count). The summed E-state index contributed by atoms with van der Waals surface area (Å²) in [7, 11) is 0. The zero-order valence-electron chi connectivity index (χ0n) is 22.7. The van der Waals surface area contributed by atoms with E-state index in [0.717, 1.165) is 90.2 Å². The zero-order valence-corrected chi connectivity index (χ0v) is 22.7. The minimum absolute atomic E-state index is 0.145. The molecular formula is C32H38N4O. The van der Waals surface area contributed by atoms with Crippen LogP contribution in [0, 0.1) is 36.5 Å². The smallest absolute Gasteiger partial charge is 0.185 e. The third kappa shape index (κ3) is 7.11. The number of nitrogens with zero attached hydrogens (tertiary/aromatic N) is 4. The first-order valence-corrected chi connectivity index (χ1v) is 13.3. The van der Waals surface area contributed by atoms with Crippen LogP contribution in [0.2, 0.25) is 0 Å². The average molecular weight is 495 g/mol. The zero-order chi connectivity index (χ0) is 26.8. The molecule has 0 radical (unpaired) electrons. The summed E-state index contributed by atoms with van der Waals surface area (Å²) < 4.78 is 0. The molecule has 1 aliphatic carbocycles. The van der Waals surface area contributed by atoms with E-state index in [-0.39, 0.29) is 5.78 Å². The summed E-state index contributed by atoms with van der Waals surface area (Å²) in [6.07, 6.45) is 7.68. The largest absolute Gasteiger partial charge is 0.371 e. The number of rotatable bonds is 10. The predicted molar refractivity (Wildman–Crippen MR) is 153 cm³/mol. The van der Waals surface area contributed by atoms with Crippen LogP contribution in [-0.4, -0.2) is 32.0 Å². The molecule has 0 bridgehead atoms. The van der Waals surface area contributed by atoms with E-state index >= 15 is 0 Å². The molecule has 2 aromatic carbocycles. The van der Waals surface area contributed by atoms with Gasteiger partial charge in [0.25, 0.3) is 0 Å². The maximum absolute atomic E-state index is 13.4. The summed E-state index contributed by atoms with van der Waals surface area (Å²) >= 11 is 0. The van der Waals surface area contributed by atoms with Gasteiger partial charge in [-0.05, 0) is 106 Å². The van der Waals surface area contributed by atoms with Gasteiger partial charge in [-0.15, -0.1) is 0 Å². The Morgan fingerprint density at radius 1 is 0.784 bits per heavy atom. The number of anilines is 2. The lowest BCUT2D eigenvalue weighted by atomic mass is 9.86. The van der Waals surface area contributed by atoms with Gasteiger partial charge in [-0.3, -0.25) is 4.79 Å². The molecule has 192 valence electrons. The third-order valence-corrected chi connectivity index (χ3v) is 7.12. The quantitative estimate of drug-likeness (QED) is 0.332. The van der Waals surface area contributed by atoms with E-state index in [4.69, 9.17) is 10.5 Å². The van der Waals surface area contributed by atoms with Crippen LogP contribution >= 0.6 is 0 Å². The van der Waals surface area contributed by atoms with Gasteiger partial charge in [0.05, 0.1) is 25.0 Å². The summed E-state index contributed by atoms with van der Waals surface area (Å²) in [6, 6.07) is 17.1. The molecule has 1 saturated carbocycles. The van der Waals surface area contributed by atoms with E-state index in [9.17, 15) is 4.79 Å². The molecular weight excluding hydrogens is 456 g/mol. The lowest BCUT2D eigenvalue weighted by Gasteiger charge is -2.23. The van der Waals surface area contributed by atoms with Crippen molar-refractivity contribution in [2.45, 2.75) is 59.8 Å². The number of benzene rings is 2. The number of hydrogen-bond acceptors (Lipinski definition) is 5. The maximum atomic E-state index is 13.4. The number of carbonyl (C=O) groups excluding carboxylic acids is 1. The van der Waals surface area contributed by atoms with Gasteiger partial charge >= 0.3 is 0 Å². The van der Waals surface area contributed by atoms with Gasteiger partial charge in [0.15, 0.2) is 5.78 Å². The number of aryl methyl sites for hydroxylation is 2. The number of nitriles is 2. The lowest BCUT2D eigenvalue weighted by Crippen LogP contribution is -2.23. The average Bonchev–Trinajstić information content (AvgIpc) is 2.90. The Labute approximate surface area is 222 Å². The van der Waals surface area contributed by atoms with Gasteiger partial charge in [0.1, 0.15) is 0 Å². The van der Waals surface area contributed by atoms with E-state index in [1.807, 2.05) is 0 Å². The van der Waals surface area contributed by atoms with Gasteiger partial charge in [-0.2, -0.15) is 10.5 Å². The number of ketones is 1. The number of carbonyl (C=O) groups is 1. The van der Waals surface area contributed by atoms with Crippen molar-refractivity contribution >= 4 is 29.3 Å². The molecule has 5 nitrogen and oxygen atoms in total. The SMILES string of the molecule is CCN(CCC#N)c1ccc(/C=C2\CCC/C(=C\c3ccc(N(CC)CCC#N)cc3C)C2=O)c(C)c1. The summed E-state index contributed by atoms with van der Waals surface area (Å²) in [5.41, 5.74) is 8.37. The number of hydrogen-bond donors (Lipinski definition) is 0. The van der Waals surface area contributed by atoms with Crippen molar-refractivity contribution in [3.8, 4) is 12.1 Å². The van der Waals surface area contributed by atoms with Gasteiger partial charge in [-0.1, -0.05) is 12.1 Å². The van der Waals surface area contributed by atoms with E-state index in [1.165, 1.54) is 0 Å². The Hall–Kier alpha value is -3.83. The molecule has 37 heavy (non-hydrogen) atoms. The summed E-state index contributed by atoms with van der Waals surface area (Å²) in [6.45, 7) is 11.5. The summed E-state index contributed by atoms with van der Waals surface area (Å²) in [4.78, 5) is 17.8. The first-order chi connectivity index (χ1) is 17.9. The molecule has 0 saturated heterocycles. The highest BCUT2D eigenvalue weighted by molar-refractivity contribution is 6.14. The second-order valence-corrected chi connectivity index (χ2v) is 9.58. The third-order valence-electron chi connectivity index (χ3n) is 7.12. The summed E-state index contributed by atoms with van der Waals surface area (Å²) in [5.74, 6) is 0.145. The van der Waals surface area contributed by atoms with Crippen LogP contribution in [-0.2, 0) is 4.79 Å². The van der Waals surface area contributed by atoms with Crippen molar-refractivity contribution in [2.75, 3.05) is 36.0 Å². The topological polar surface area (TPSA) is 71.1 Å². The van der Waals surface area contributed by atoms with E-state index < -0.39 is 0 Å². The highest BCUT2D eigenvalue weighted by Gasteiger charge is 2.21. The monoisotopic (exact) mass is 494 g/mol. The second kappa shape index (κ2) is 13.5. The minimum Gasteiger partial charge on any atom is -0.371 e.